The number of hydrogen-bond acceptors (Lipinski definition) is 6. The highest BCUT2D eigenvalue weighted by atomic mass is 16.5. The van der Waals surface area contributed by atoms with Gasteiger partial charge < -0.3 is 20.1 Å². The van der Waals surface area contributed by atoms with Crippen LogP contribution in [0.3, 0.4) is 0 Å². The van der Waals surface area contributed by atoms with Gasteiger partial charge in [-0.05, 0) is 12.1 Å². The van der Waals surface area contributed by atoms with Crippen LogP contribution < -0.4 is 10.6 Å². The molecule has 1 aromatic carbocycles. The van der Waals surface area contributed by atoms with Crippen LogP contribution in [0.1, 0.15) is 12.0 Å². The fourth-order valence-corrected chi connectivity index (χ4v) is 3.85. The molecule has 0 saturated carbocycles. The van der Waals surface area contributed by atoms with Gasteiger partial charge in [0, 0.05) is 49.6 Å². The standard InChI is InChI=1S/C20H26N4O3/c21-19(25)12-17-14-27-10-7-24(17)13-16-11-15-3-1-2-4-18(15)22-20(16)23-5-8-26-9-6-23/h1-4,11,17H,5-10,12-14H2,(H2,21,25)/t17-/m1/s1. The zero-order valence-electron chi connectivity index (χ0n) is 15.5. The molecular weight excluding hydrogens is 344 g/mol. The van der Waals surface area contributed by atoms with E-state index in [0.717, 1.165) is 56.1 Å². The number of morpholine rings is 2. The summed E-state index contributed by atoms with van der Waals surface area (Å²) in [6, 6.07) is 10.4. The van der Waals surface area contributed by atoms with Gasteiger partial charge in [0.15, 0.2) is 0 Å². The fourth-order valence-electron chi connectivity index (χ4n) is 3.85. The molecule has 0 radical (unpaired) electrons. The molecule has 0 spiro atoms. The van der Waals surface area contributed by atoms with Crippen LogP contribution in [-0.2, 0) is 20.8 Å². The van der Waals surface area contributed by atoms with E-state index in [4.69, 9.17) is 20.2 Å². The summed E-state index contributed by atoms with van der Waals surface area (Å²) in [7, 11) is 0. The van der Waals surface area contributed by atoms with Gasteiger partial charge in [0.05, 0.1) is 31.9 Å². The topological polar surface area (TPSA) is 80.9 Å². The molecule has 3 heterocycles. The van der Waals surface area contributed by atoms with Crippen molar-refractivity contribution in [1.82, 2.24) is 9.88 Å². The zero-order chi connectivity index (χ0) is 18.6. The Kier molecular flexibility index (Phi) is 5.52. The molecule has 0 bridgehead atoms. The molecule has 7 heteroatoms. The van der Waals surface area contributed by atoms with Crippen LogP contribution >= 0.6 is 0 Å². The Balaban J connectivity index is 1.66. The predicted molar refractivity (Wildman–Crippen MR) is 104 cm³/mol. The summed E-state index contributed by atoms with van der Waals surface area (Å²) in [4.78, 5) is 21.0. The summed E-state index contributed by atoms with van der Waals surface area (Å²) in [6.45, 7) is 5.84. The Bertz CT molecular complexity index is 807. The summed E-state index contributed by atoms with van der Waals surface area (Å²) in [6.07, 6.45) is 0.313. The van der Waals surface area contributed by atoms with Crippen LogP contribution in [0, 0.1) is 0 Å². The van der Waals surface area contributed by atoms with Crippen molar-refractivity contribution >= 4 is 22.6 Å². The van der Waals surface area contributed by atoms with Gasteiger partial charge in [0.25, 0.3) is 0 Å². The molecule has 2 aliphatic rings. The number of hydrogen-bond donors (Lipinski definition) is 1. The predicted octanol–water partition coefficient (Wildman–Crippen LogP) is 1.15. The third-order valence-corrected chi connectivity index (χ3v) is 5.25. The van der Waals surface area contributed by atoms with Gasteiger partial charge in [0.1, 0.15) is 5.82 Å². The Morgan fingerprint density at radius 1 is 1.15 bits per heavy atom. The van der Waals surface area contributed by atoms with Crippen LogP contribution in [0.2, 0.25) is 0 Å². The maximum atomic E-state index is 11.5. The van der Waals surface area contributed by atoms with E-state index in [0.29, 0.717) is 19.6 Å². The average molecular weight is 370 g/mol. The number of nitrogens with two attached hydrogens (primary N) is 1. The number of carbonyl (C=O) groups is 1. The molecule has 2 aliphatic heterocycles. The molecule has 2 saturated heterocycles. The lowest BCUT2D eigenvalue weighted by Crippen LogP contribution is -2.47. The van der Waals surface area contributed by atoms with Crippen LogP contribution in [0.15, 0.2) is 30.3 Å². The molecule has 4 rings (SSSR count). The number of benzene rings is 1. The smallest absolute Gasteiger partial charge is 0.219 e. The van der Waals surface area contributed by atoms with Crippen molar-refractivity contribution in [3.63, 3.8) is 0 Å². The highest BCUT2D eigenvalue weighted by molar-refractivity contribution is 5.82. The first-order valence-electron chi connectivity index (χ1n) is 9.52. The number of rotatable bonds is 5. The molecule has 2 N–H and O–H groups in total. The minimum absolute atomic E-state index is 0.0141. The number of fused-ring (bicyclic) bond motifs is 1. The number of aromatic nitrogens is 1. The number of amides is 1. The summed E-state index contributed by atoms with van der Waals surface area (Å²) in [5.74, 6) is 0.724. The first kappa shape index (κ1) is 18.2. The Morgan fingerprint density at radius 2 is 1.93 bits per heavy atom. The number of primary amides is 1. The van der Waals surface area contributed by atoms with Crippen molar-refractivity contribution in [2.45, 2.75) is 19.0 Å². The number of carbonyl (C=O) groups excluding carboxylic acids is 1. The number of para-hydroxylation sites is 1. The second kappa shape index (κ2) is 8.21. The van der Waals surface area contributed by atoms with Gasteiger partial charge >= 0.3 is 0 Å². The molecule has 2 aromatic rings. The Morgan fingerprint density at radius 3 is 2.74 bits per heavy atom. The third kappa shape index (κ3) is 4.21. The second-order valence-corrected chi connectivity index (χ2v) is 7.13. The van der Waals surface area contributed by atoms with E-state index in [-0.39, 0.29) is 11.9 Å². The van der Waals surface area contributed by atoms with Gasteiger partial charge in [0.2, 0.25) is 5.91 Å². The fraction of sp³-hybridized carbons (Fsp3) is 0.500. The van der Waals surface area contributed by atoms with Crippen LogP contribution in [0.4, 0.5) is 5.82 Å². The lowest BCUT2D eigenvalue weighted by atomic mass is 10.1. The minimum atomic E-state index is -0.291. The van der Waals surface area contributed by atoms with Gasteiger partial charge in [-0.25, -0.2) is 4.98 Å². The molecule has 7 nitrogen and oxygen atoms in total. The first-order valence-corrected chi connectivity index (χ1v) is 9.52. The monoisotopic (exact) mass is 370 g/mol. The van der Waals surface area contributed by atoms with Crippen LogP contribution in [-0.4, -0.2) is 67.9 Å². The summed E-state index contributed by atoms with van der Waals surface area (Å²) in [5, 5.41) is 1.13. The lowest BCUT2D eigenvalue weighted by Gasteiger charge is -2.36. The quantitative estimate of drug-likeness (QED) is 0.850. The van der Waals surface area contributed by atoms with Gasteiger partial charge in [-0.3, -0.25) is 9.69 Å². The normalized spacial score (nSPS) is 21.5. The first-order chi connectivity index (χ1) is 13.2. The number of nitrogens with zero attached hydrogens (tertiary/aromatic N) is 3. The van der Waals surface area contributed by atoms with Gasteiger partial charge in [-0.15, -0.1) is 0 Å². The molecule has 2 fully saturated rings. The second-order valence-electron chi connectivity index (χ2n) is 7.13. The summed E-state index contributed by atoms with van der Waals surface area (Å²) < 4.78 is 11.1. The maximum Gasteiger partial charge on any atom is 0.219 e. The van der Waals surface area contributed by atoms with Crippen molar-refractivity contribution in [3.05, 3.63) is 35.9 Å². The molecule has 1 amide bonds. The lowest BCUT2D eigenvalue weighted by molar-refractivity contribution is -0.121. The summed E-state index contributed by atoms with van der Waals surface area (Å²) >= 11 is 0. The van der Waals surface area contributed by atoms with Gasteiger partial charge in [-0.1, -0.05) is 18.2 Å². The van der Waals surface area contributed by atoms with Crippen molar-refractivity contribution in [2.24, 2.45) is 5.73 Å². The van der Waals surface area contributed by atoms with Crippen molar-refractivity contribution in [2.75, 3.05) is 51.0 Å². The van der Waals surface area contributed by atoms with Crippen LogP contribution in [0.5, 0.6) is 0 Å². The van der Waals surface area contributed by atoms with Crippen molar-refractivity contribution in [1.29, 1.82) is 0 Å². The van der Waals surface area contributed by atoms with Gasteiger partial charge in [-0.2, -0.15) is 0 Å². The number of ether oxygens (including phenoxy) is 2. The molecule has 144 valence electrons. The molecule has 0 aliphatic carbocycles. The van der Waals surface area contributed by atoms with Crippen molar-refractivity contribution < 1.29 is 14.3 Å². The van der Waals surface area contributed by atoms with E-state index < -0.39 is 0 Å². The Hall–Kier alpha value is -2.22. The van der Waals surface area contributed by atoms with Crippen molar-refractivity contribution in [3.8, 4) is 0 Å². The average Bonchev–Trinajstić information content (AvgIpc) is 2.69. The minimum Gasteiger partial charge on any atom is -0.378 e. The third-order valence-electron chi connectivity index (χ3n) is 5.25. The highest BCUT2D eigenvalue weighted by Gasteiger charge is 2.27. The maximum absolute atomic E-state index is 11.5. The van der Waals surface area contributed by atoms with Crippen LogP contribution in [0.25, 0.3) is 10.9 Å². The molecule has 1 aromatic heterocycles. The number of anilines is 1. The highest BCUT2D eigenvalue weighted by Crippen LogP contribution is 2.27. The van der Waals surface area contributed by atoms with E-state index in [9.17, 15) is 4.79 Å². The van der Waals surface area contributed by atoms with E-state index >= 15 is 0 Å². The molecular formula is C20H26N4O3. The SMILES string of the molecule is NC(=O)C[C@@H]1COCCN1Cc1cc2ccccc2nc1N1CCOCC1. The van der Waals surface area contributed by atoms with E-state index in [1.165, 1.54) is 5.56 Å². The van der Waals surface area contributed by atoms with E-state index in [1.807, 2.05) is 18.2 Å². The largest absolute Gasteiger partial charge is 0.378 e. The zero-order valence-corrected chi connectivity index (χ0v) is 15.5. The molecule has 27 heavy (non-hydrogen) atoms. The van der Waals surface area contributed by atoms with E-state index in [2.05, 4.69) is 21.9 Å². The van der Waals surface area contributed by atoms with E-state index in [1.54, 1.807) is 0 Å². The molecule has 1 atom stereocenters. The molecule has 0 unspecified atom stereocenters. The number of pyridine rings is 1. The Labute approximate surface area is 159 Å². The summed E-state index contributed by atoms with van der Waals surface area (Å²) in [5.41, 5.74) is 7.62.